The predicted octanol–water partition coefficient (Wildman–Crippen LogP) is 1.66. The molecule has 0 saturated heterocycles. The van der Waals surface area contributed by atoms with Gasteiger partial charge < -0.3 is 5.11 Å². The molecule has 4 nitrogen and oxygen atoms in total. The highest BCUT2D eigenvalue weighted by Gasteiger charge is 2.40. The Morgan fingerprint density at radius 2 is 2.40 bits per heavy atom. The molecular weight excluding hydrogens is 190 g/mol. The molecule has 0 aromatic carbocycles. The Kier molecular flexibility index (Phi) is 2.24. The Labute approximate surface area is 89.1 Å². The van der Waals surface area contributed by atoms with Gasteiger partial charge in [0.2, 0.25) is 0 Å². The maximum absolute atomic E-state index is 9.98. The number of hydrogen-bond donors (Lipinski definition) is 2. The predicted molar refractivity (Wildman–Crippen MR) is 54.9 cm³/mol. The first kappa shape index (κ1) is 9.33. The minimum absolute atomic E-state index is 0.423. The summed E-state index contributed by atoms with van der Waals surface area (Å²) in [5, 5.41) is 20.2. The van der Waals surface area contributed by atoms with Crippen molar-refractivity contribution in [3.63, 3.8) is 0 Å². The van der Waals surface area contributed by atoms with Crippen molar-refractivity contribution in [2.45, 2.75) is 38.2 Å². The molecule has 1 heterocycles. The van der Waals surface area contributed by atoms with Gasteiger partial charge in [0.15, 0.2) is 0 Å². The van der Waals surface area contributed by atoms with Gasteiger partial charge in [-0.05, 0) is 43.4 Å². The van der Waals surface area contributed by atoms with Crippen LogP contribution < -0.4 is 0 Å². The topological polar surface area (TPSA) is 61.8 Å². The normalized spacial score (nSPS) is 35.9. The van der Waals surface area contributed by atoms with Crippen LogP contribution in [0.3, 0.4) is 0 Å². The van der Waals surface area contributed by atoms with Crippen LogP contribution in [-0.2, 0) is 0 Å². The molecule has 2 bridgehead atoms. The number of aromatic amines is 1. The average Bonchev–Trinajstić information content (AvgIpc) is 2.95. The summed E-state index contributed by atoms with van der Waals surface area (Å²) >= 11 is 0. The molecule has 0 aliphatic heterocycles. The van der Waals surface area contributed by atoms with Crippen LogP contribution in [0, 0.1) is 17.8 Å². The average molecular weight is 207 g/mol. The minimum Gasteiger partial charge on any atom is -0.387 e. The van der Waals surface area contributed by atoms with E-state index in [-0.39, 0.29) is 0 Å². The number of nitrogens with zero attached hydrogens (tertiary/aromatic N) is 2. The standard InChI is InChI=1S/C11H17N3O/c15-11(10-6-12-14-13-10)5-9-4-7-1-2-8(9)3-7/h6-9,11,15H,1-5H2,(H,12,13,14). The lowest BCUT2D eigenvalue weighted by Gasteiger charge is -2.23. The fourth-order valence-electron chi connectivity index (χ4n) is 3.44. The van der Waals surface area contributed by atoms with E-state index in [2.05, 4.69) is 15.4 Å². The van der Waals surface area contributed by atoms with Crippen molar-refractivity contribution in [2.75, 3.05) is 0 Å². The molecule has 2 aliphatic carbocycles. The molecule has 0 amide bonds. The Balaban J connectivity index is 1.62. The van der Waals surface area contributed by atoms with Crippen molar-refractivity contribution >= 4 is 0 Å². The molecule has 82 valence electrons. The molecule has 3 rings (SSSR count). The number of fused-ring (bicyclic) bond motifs is 2. The van der Waals surface area contributed by atoms with E-state index in [4.69, 9.17) is 0 Å². The van der Waals surface area contributed by atoms with Gasteiger partial charge in [-0.2, -0.15) is 15.4 Å². The maximum atomic E-state index is 9.98. The van der Waals surface area contributed by atoms with E-state index in [1.165, 1.54) is 25.7 Å². The third kappa shape index (κ3) is 1.67. The quantitative estimate of drug-likeness (QED) is 0.792. The summed E-state index contributed by atoms with van der Waals surface area (Å²) in [4.78, 5) is 0. The first-order chi connectivity index (χ1) is 7.33. The van der Waals surface area contributed by atoms with Crippen LogP contribution in [0.15, 0.2) is 6.20 Å². The molecule has 2 fully saturated rings. The number of rotatable bonds is 3. The largest absolute Gasteiger partial charge is 0.387 e. The van der Waals surface area contributed by atoms with Gasteiger partial charge in [-0.1, -0.05) is 6.42 Å². The van der Waals surface area contributed by atoms with Crippen molar-refractivity contribution in [3.8, 4) is 0 Å². The highest BCUT2D eigenvalue weighted by Crippen LogP contribution is 2.50. The summed E-state index contributed by atoms with van der Waals surface area (Å²) in [6.45, 7) is 0. The van der Waals surface area contributed by atoms with E-state index in [1.807, 2.05) is 0 Å². The van der Waals surface area contributed by atoms with Gasteiger partial charge in [0.1, 0.15) is 5.69 Å². The van der Waals surface area contributed by atoms with Gasteiger partial charge >= 0.3 is 0 Å². The summed E-state index contributed by atoms with van der Waals surface area (Å²) in [5.74, 6) is 2.54. The Hall–Kier alpha value is -0.900. The monoisotopic (exact) mass is 207 g/mol. The molecule has 4 atom stereocenters. The summed E-state index contributed by atoms with van der Waals surface area (Å²) in [6, 6.07) is 0. The fraction of sp³-hybridized carbons (Fsp3) is 0.818. The van der Waals surface area contributed by atoms with Gasteiger partial charge in [-0.15, -0.1) is 0 Å². The van der Waals surface area contributed by atoms with Crippen molar-refractivity contribution < 1.29 is 5.11 Å². The van der Waals surface area contributed by atoms with Crippen LogP contribution in [0.5, 0.6) is 0 Å². The van der Waals surface area contributed by atoms with E-state index in [0.717, 1.165) is 24.2 Å². The van der Waals surface area contributed by atoms with Crippen molar-refractivity contribution in [1.29, 1.82) is 0 Å². The van der Waals surface area contributed by atoms with E-state index in [9.17, 15) is 5.11 Å². The van der Waals surface area contributed by atoms with Gasteiger partial charge in [0.05, 0.1) is 12.3 Å². The third-order valence-electron chi connectivity index (χ3n) is 4.19. The van der Waals surface area contributed by atoms with E-state index >= 15 is 0 Å². The van der Waals surface area contributed by atoms with Gasteiger partial charge in [0.25, 0.3) is 0 Å². The number of aliphatic hydroxyl groups excluding tert-OH is 1. The molecule has 1 aromatic heterocycles. The van der Waals surface area contributed by atoms with Gasteiger partial charge in [-0.25, -0.2) is 0 Å². The van der Waals surface area contributed by atoms with Crippen LogP contribution in [0.2, 0.25) is 0 Å². The zero-order valence-corrected chi connectivity index (χ0v) is 8.76. The molecule has 1 aromatic rings. The number of hydrogen-bond acceptors (Lipinski definition) is 3. The second kappa shape index (κ2) is 3.59. The van der Waals surface area contributed by atoms with Crippen molar-refractivity contribution in [2.24, 2.45) is 17.8 Å². The number of H-pyrrole nitrogens is 1. The summed E-state index contributed by atoms with van der Waals surface area (Å²) in [6.07, 6.45) is 7.58. The summed E-state index contributed by atoms with van der Waals surface area (Å²) < 4.78 is 0. The highest BCUT2D eigenvalue weighted by molar-refractivity contribution is 4.99. The number of aliphatic hydroxyl groups is 1. The third-order valence-corrected chi connectivity index (χ3v) is 4.19. The second-order valence-corrected chi connectivity index (χ2v) is 5.08. The first-order valence-corrected chi connectivity index (χ1v) is 5.86. The zero-order valence-electron chi connectivity index (χ0n) is 8.76. The zero-order chi connectivity index (χ0) is 10.3. The lowest BCUT2D eigenvalue weighted by Crippen LogP contribution is -2.14. The van der Waals surface area contributed by atoms with E-state index in [0.29, 0.717) is 5.69 Å². The smallest absolute Gasteiger partial charge is 0.111 e. The minimum atomic E-state index is -0.423. The summed E-state index contributed by atoms with van der Waals surface area (Å²) in [7, 11) is 0. The van der Waals surface area contributed by atoms with Crippen LogP contribution in [0.25, 0.3) is 0 Å². The van der Waals surface area contributed by atoms with Crippen LogP contribution in [0.4, 0.5) is 0 Å². The van der Waals surface area contributed by atoms with E-state index < -0.39 is 6.10 Å². The summed E-state index contributed by atoms with van der Waals surface area (Å²) in [5.41, 5.74) is 0.692. The lowest BCUT2D eigenvalue weighted by molar-refractivity contribution is 0.122. The molecule has 4 unspecified atom stereocenters. The molecular formula is C11H17N3O. The molecule has 2 saturated carbocycles. The van der Waals surface area contributed by atoms with Crippen LogP contribution >= 0.6 is 0 Å². The first-order valence-electron chi connectivity index (χ1n) is 5.86. The fourth-order valence-corrected chi connectivity index (χ4v) is 3.44. The Morgan fingerprint density at radius 3 is 3.00 bits per heavy atom. The van der Waals surface area contributed by atoms with Crippen molar-refractivity contribution in [3.05, 3.63) is 11.9 Å². The molecule has 4 heteroatoms. The molecule has 0 radical (unpaired) electrons. The van der Waals surface area contributed by atoms with Crippen molar-refractivity contribution in [1.82, 2.24) is 15.4 Å². The van der Waals surface area contributed by atoms with Crippen LogP contribution in [-0.4, -0.2) is 20.5 Å². The SMILES string of the molecule is OC(CC1CC2CCC1C2)c1cn[nH]n1. The number of nitrogens with one attached hydrogen (secondary N) is 1. The van der Waals surface area contributed by atoms with Gasteiger partial charge in [-0.3, -0.25) is 0 Å². The number of aromatic nitrogens is 3. The maximum Gasteiger partial charge on any atom is 0.111 e. The van der Waals surface area contributed by atoms with E-state index in [1.54, 1.807) is 6.20 Å². The molecule has 2 aliphatic rings. The molecule has 0 spiro atoms. The second-order valence-electron chi connectivity index (χ2n) is 5.08. The van der Waals surface area contributed by atoms with Crippen LogP contribution in [0.1, 0.15) is 43.9 Å². The lowest BCUT2D eigenvalue weighted by atomic mass is 9.84. The Bertz CT molecular complexity index is 325. The Morgan fingerprint density at radius 1 is 1.47 bits per heavy atom. The molecule has 2 N–H and O–H groups in total. The highest BCUT2D eigenvalue weighted by atomic mass is 16.3. The molecule has 15 heavy (non-hydrogen) atoms. The van der Waals surface area contributed by atoms with Gasteiger partial charge in [0, 0.05) is 0 Å².